The van der Waals surface area contributed by atoms with Crippen molar-refractivity contribution in [2.24, 2.45) is 5.92 Å². The maximum atomic E-state index is 12.6. The minimum atomic E-state index is -0.792. The van der Waals surface area contributed by atoms with Gasteiger partial charge in [-0.1, -0.05) is 11.2 Å². The summed E-state index contributed by atoms with van der Waals surface area (Å²) < 4.78 is 5.04. The van der Waals surface area contributed by atoms with Gasteiger partial charge in [0, 0.05) is 19.2 Å². The molecule has 11 nitrogen and oxygen atoms in total. The molecule has 0 unspecified atom stereocenters. The summed E-state index contributed by atoms with van der Waals surface area (Å²) >= 11 is 0. The van der Waals surface area contributed by atoms with E-state index in [0.717, 1.165) is 0 Å². The number of amides is 2. The molecular formula is C19H25N5O6. The number of hydrogen-bond donors (Lipinski definition) is 3. The predicted octanol–water partition coefficient (Wildman–Crippen LogP) is 0.392. The van der Waals surface area contributed by atoms with Gasteiger partial charge in [0.15, 0.2) is 5.82 Å². The van der Waals surface area contributed by atoms with E-state index in [-0.39, 0.29) is 30.7 Å². The molecular weight excluding hydrogens is 394 g/mol. The number of carbonyl (C=O) groups excluding carboxylic acids is 2. The second-order valence-corrected chi connectivity index (χ2v) is 6.91. The van der Waals surface area contributed by atoms with Crippen molar-refractivity contribution in [1.82, 2.24) is 25.3 Å². The van der Waals surface area contributed by atoms with Crippen LogP contribution in [-0.4, -0.2) is 67.7 Å². The Morgan fingerprint density at radius 1 is 1.37 bits per heavy atom. The Kier molecular flexibility index (Phi) is 8.41. The van der Waals surface area contributed by atoms with E-state index in [9.17, 15) is 14.7 Å². The van der Waals surface area contributed by atoms with Crippen molar-refractivity contribution in [3.8, 4) is 0 Å². The van der Waals surface area contributed by atoms with E-state index >= 15 is 0 Å². The molecule has 2 heterocycles. The van der Waals surface area contributed by atoms with E-state index in [1.165, 1.54) is 4.90 Å². The highest BCUT2D eigenvalue weighted by atomic mass is 16.5. The first kappa shape index (κ1) is 22.9. The van der Waals surface area contributed by atoms with Crippen LogP contribution in [0.25, 0.3) is 0 Å². The molecule has 1 saturated carbocycles. The number of hydrogen-bond acceptors (Lipinski definition) is 8. The fourth-order valence-electron chi connectivity index (χ4n) is 3.28. The van der Waals surface area contributed by atoms with Crippen LogP contribution in [0, 0.1) is 12.8 Å². The van der Waals surface area contributed by atoms with Gasteiger partial charge in [-0.05, 0) is 38.3 Å². The van der Waals surface area contributed by atoms with Crippen LogP contribution in [0.3, 0.4) is 0 Å². The zero-order chi connectivity index (χ0) is 22.1. The number of pyridine rings is 1. The van der Waals surface area contributed by atoms with Crippen LogP contribution in [0.5, 0.6) is 0 Å². The fourth-order valence-corrected chi connectivity index (χ4v) is 3.28. The third kappa shape index (κ3) is 6.34. The standard InChI is InChI=1S/C18H23N5O4.CH2O2/c1-11-20-16(27-22-11)10-23(2)18(26)12-6-7-13(15(24)9-12)21-17(25)14-5-3-4-8-19-14;2-1-3/h3-5,8,12-13,15,24H,6-7,9-10H2,1-2H3,(H,21,25);1H,(H,2,3)/t12-,13+,15+;/m0./s1. The van der Waals surface area contributed by atoms with Crippen LogP contribution >= 0.6 is 0 Å². The first-order chi connectivity index (χ1) is 14.3. The molecule has 0 saturated heterocycles. The Balaban J connectivity index is 0.00000101. The number of aryl methyl sites for hydroxylation is 1. The van der Waals surface area contributed by atoms with E-state index in [1.807, 2.05) is 0 Å². The molecule has 2 aromatic heterocycles. The summed E-state index contributed by atoms with van der Waals surface area (Å²) in [5.41, 5.74) is 0.303. The monoisotopic (exact) mass is 419 g/mol. The van der Waals surface area contributed by atoms with Gasteiger partial charge >= 0.3 is 0 Å². The first-order valence-corrected chi connectivity index (χ1v) is 9.37. The number of carbonyl (C=O) groups is 3. The number of rotatable bonds is 5. The Bertz CT molecular complexity index is 843. The smallest absolute Gasteiger partial charge is 0.290 e. The van der Waals surface area contributed by atoms with E-state index in [4.69, 9.17) is 14.4 Å². The van der Waals surface area contributed by atoms with Gasteiger partial charge in [0.25, 0.3) is 12.4 Å². The molecule has 30 heavy (non-hydrogen) atoms. The van der Waals surface area contributed by atoms with Gasteiger partial charge in [0.1, 0.15) is 5.69 Å². The van der Waals surface area contributed by atoms with Crippen LogP contribution in [0.2, 0.25) is 0 Å². The Morgan fingerprint density at radius 3 is 2.67 bits per heavy atom. The average Bonchev–Trinajstić information content (AvgIpc) is 3.14. The summed E-state index contributed by atoms with van der Waals surface area (Å²) in [7, 11) is 1.67. The number of nitrogens with one attached hydrogen (secondary N) is 1. The summed E-state index contributed by atoms with van der Waals surface area (Å²) in [6, 6.07) is 4.68. The first-order valence-electron chi connectivity index (χ1n) is 9.37. The summed E-state index contributed by atoms with van der Waals surface area (Å²) in [5.74, 6) is 0.176. The molecule has 0 radical (unpaired) electrons. The van der Waals surface area contributed by atoms with Crippen molar-refractivity contribution >= 4 is 18.3 Å². The highest BCUT2D eigenvalue weighted by molar-refractivity contribution is 5.92. The van der Waals surface area contributed by atoms with Crippen LogP contribution in [0.4, 0.5) is 0 Å². The van der Waals surface area contributed by atoms with E-state index in [0.29, 0.717) is 36.7 Å². The summed E-state index contributed by atoms with van der Waals surface area (Å²) in [4.78, 5) is 42.8. The number of aromatic nitrogens is 3. The number of aliphatic hydroxyl groups is 1. The topological polar surface area (TPSA) is 159 Å². The minimum absolute atomic E-state index is 0.0839. The normalized spacial score (nSPS) is 20.4. The molecule has 1 fully saturated rings. The predicted molar refractivity (Wildman–Crippen MR) is 103 cm³/mol. The SMILES string of the molecule is Cc1noc(CN(C)C(=O)[C@H]2CC[C@@H](NC(=O)c3ccccn3)[C@H](O)C2)n1.O=CO. The zero-order valence-electron chi connectivity index (χ0n) is 16.8. The van der Waals surface area contributed by atoms with Gasteiger partial charge in [0.05, 0.1) is 18.7 Å². The maximum absolute atomic E-state index is 12.6. The fraction of sp³-hybridized carbons (Fsp3) is 0.474. The Morgan fingerprint density at radius 2 is 2.10 bits per heavy atom. The van der Waals surface area contributed by atoms with Gasteiger partial charge < -0.3 is 25.0 Å². The second-order valence-electron chi connectivity index (χ2n) is 6.91. The Hall–Kier alpha value is -3.34. The molecule has 1 aliphatic rings. The largest absolute Gasteiger partial charge is 0.483 e. The molecule has 0 aromatic carbocycles. The minimum Gasteiger partial charge on any atom is -0.483 e. The number of aliphatic hydroxyl groups excluding tert-OH is 1. The van der Waals surface area contributed by atoms with Crippen LogP contribution < -0.4 is 5.32 Å². The lowest BCUT2D eigenvalue weighted by molar-refractivity contribution is -0.137. The Labute approximate surface area is 173 Å². The lowest BCUT2D eigenvalue weighted by atomic mass is 9.83. The van der Waals surface area contributed by atoms with Gasteiger partial charge in [-0.3, -0.25) is 19.4 Å². The van der Waals surface area contributed by atoms with Crippen molar-refractivity contribution in [1.29, 1.82) is 0 Å². The quantitative estimate of drug-likeness (QED) is 0.583. The molecule has 0 bridgehead atoms. The summed E-state index contributed by atoms with van der Waals surface area (Å²) in [6.45, 7) is 1.69. The second kappa shape index (κ2) is 11.0. The average molecular weight is 419 g/mol. The van der Waals surface area contributed by atoms with Crippen molar-refractivity contribution < 1.29 is 29.1 Å². The van der Waals surface area contributed by atoms with E-state index in [2.05, 4.69) is 20.4 Å². The van der Waals surface area contributed by atoms with Crippen molar-refractivity contribution in [2.75, 3.05) is 7.05 Å². The lowest BCUT2D eigenvalue weighted by Crippen LogP contribution is -2.49. The summed E-state index contributed by atoms with van der Waals surface area (Å²) in [6.07, 6.45) is 2.14. The molecule has 0 aliphatic heterocycles. The highest BCUT2D eigenvalue weighted by Crippen LogP contribution is 2.27. The zero-order valence-corrected chi connectivity index (χ0v) is 16.8. The number of nitrogens with zero attached hydrogens (tertiary/aromatic N) is 4. The molecule has 3 rings (SSSR count). The maximum Gasteiger partial charge on any atom is 0.290 e. The molecule has 3 atom stereocenters. The van der Waals surface area contributed by atoms with Crippen molar-refractivity contribution in [2.45, 2.75) is 44.9 Å². The molecule has 0 spiro atoms. The third-order valence-electron chi connectivity index (χ3n) is 4.70. The highest BCUT2D eigenvalue weighted by Gasteiger charge is 2.35. The molecule has 1 aliphatic carbocycles. The molecule has 2 aromatic rings. The van der Waals surface area contributed by atoms with Crippen LogP contribution in [-0.2, 0) is 16.1 Å². The third-order valence-corrected chi connectivity index (χ3v) is 4.70. The lowest BCUT2D eigenvalue weighted by Gasteiger charge is -2.34. The molecule has 11 heteroatoms. The van der Waals surface area contributed by atoms with E-state index in [1.54, 1.807) is 38.4 Å². The molecule has 162 valence electrons. The molecule has 2 amide bonds. The van der Waals surface area contributed by atoms with Gasteiger partial charge in [0.2, 0.25) is 11.8 Å². The van der Waals surface area contributed by atoms with Crippen LogP contribution in [0.1, 0.15) is 41.5 Å². The summed E-state index contributed by atoms with van der Waals surface area (Å²) in [5, 5.41) is 23.8. The van der Waals surface area contributed by atoms with Crippen molar-refractivity contribution in [3.05, 3.63) is 41.8 Å². The molecule has 3 N–H and O–H groups in total. The van der Waals surface area contributed by atoms with Gasteiger partial charge in [-0.15, -0.1) is 0 Å². The van der Waals surface area contributed by atoms with Crippen LogP contribution in [0.15, 0.2) is 28.9 Å². The van der Waals surface area contributed by atoms with E-state index < -0.39 is 12.1 Å². The number of carboxylic acid groups (broad SMARTS) is 1. The van der Waals surface area contributed by atoms with Gasteiger partial charge in [-0.2, -0.15) is 4.98 Å². The van der Waals surface area contributed by atoms with Crippen molar-refractivity contribution in [3.63, 3.8) is 0 Å². The van der Waals surface area contributed by atoms with Gasteiger partial charge in [-0.25, -0.2) is 0 Å².